The molecule has 0 spiro atoms. The number of hydrogen-bond donors (Lipinski definition) is 1. The van der Waals surface area contributed by atoms with Gasteiger partial charge in [0.25, 0.3) is 5.91 Å². The highest BCUT2D eigenvalue weighted by Crippen LogP contribution is 2.34. The Hall–Kier alpha value is -3.33. The predicted octanol–water partition coefficient (Wildman–Crippen LogP) is 4.32. The standard InChI is InChI=1S/C25H29N5O3S/c1-4-29-23(21-13-8-14-30(21)24(32)20-12-6-5-9-17(20)2)27-28-25(29)34-16-22(31)26-18-10-7-11-19(15-18)33-3/h5-7,9-12,15,21H,4,8,13-14,16H2,1-3H3,(H,26,31). The molecule has 1 N–H and O–H groups in total. The molecule has 1 aliphatic heterocycles. The number of hydrogen-bond acceptors (Lipinski definition) is 6. The molecular weight excluding hydrogens is 450 g/mol. The van der Waals surface area contributed by atoms with Crippen LogP contribution in [0.3, 0.4) is 0 Å². The third kappa shape index (κ3) is 5.09. The summed E-state index contributed by atoms with van der Waals surface area (Å²) in [7, 11) is 1.59. The van der Waals surface area contributed by atoms with E-state index in [9.17, 15) is 9.59 Å². The minimum atomic E-state index is -0.136. The Bertz CT molecular complexity index is 1180. The van der Waals surface area contributed by atoms with Crippen molar-refractivity contribution in [1.82, 2.24) is 19.7 Å². The van der Waals surface area contributed by atoms with Crippen molar-refractivity contribution in [3.63, 3.8) is 0 Å². The maximum atomic E-state index is 13.3. The second-order valence-corrected chi connectivity index (χ2v) is 9.07. The van der Waals surface area contributed by atoms with Gasteiger partial charge in [0.15, 0.2) is 11.0 Å². The number of rotatable bonds is 8. The van der Waals surface area contributed by atoms with Gasteiger partial charge in [-0.25, -0.2) is 0 Å². The summed E-state index contributed by atoms with van der Waals surface area (Å²) in [6.07, 6.45) is 1.76. The molecule has 2 amide bonds. The van der Waals surface area contributed by atoms with Gasteiger partial charge in [0, 0.05) is 30.4 Å². The Morgan fingerprint density at radius 1 is 1.18 bits per heavy atom. The number of thioether (sulfide) groups is 1. The van der Waals surface area contributed by atoms with Gasteiger partial charge in [0.2, 0.25) is 5.91 Å². The molecule has 0 aliphatic carbocycles. The van der Waals surface area contributed by atoms with E-state index in [1.54, 1.807) is 13.2 Å². The lowest BCUT2D eigenvalue weighted by atomic mass is 10.1. The maximum absolute atomic E-state index is 13.3. The number of carbonyl (C=O) groups excluding carboxylic acids is 2. The summed E-state index contributed by atoms with van der Waals surface area (Å²) in [6, 6.07) is 14.8. The van der Waals surface area contributed by atoms with E-state index in [-0.39, 0.29) is 23.6 Å². The summed E-state index contributed by atoms with van der Waals surface area (Å²) in [5.41, 5.74) is 2.37. The third-order valence-corrected chi connectivity index (χ3v) is 6.90. The highest BCUT2D eigenvalue weighted by atomic mass is 32.2. The Labute approximate surface area is 203 Å². The molecule has 9 heteroatoms. The average molecular weight is 480 g/mol. The Morgan fingerprint density at radius 2 is 2.00 bits per heavy atom. The van der Waals surface area contributed by atoms with Crippen LogP contribution in [0, 0.1) is 6.92 Å². The van der Waals surface area contributed by atoms with Crippen molar-refractivity contribution in [1.29, 1.82) is 0 Å². The van der Waals surface area contributed by atoms with Gasteiger partial charge in [-0.1, -0.05) is 36.0 Å². The summed E-state index contributed by atoms with van der Waals surface area (Å²) in [4.78, 5) is 27.7. The average Bonchev–Trinajstić information content (AvgIpc) is 3.49. The van der Waals surface area contributed by atoms with Gasteiger partial charge < -0.3 is 19.5 Å². The molecule has 2 aromatic carbocycles. The molecule has 8 nitrogen and oxygen atoms in total. The Balaban J connectivity index is 1.46. The summed E-state index contributed by atoms with van der Waals surface area (Å²) in [6.45, 7) is 5.33. The van der Waals surface area contributed by atoms with E-state index < -0.39 is 0 Å². The molecular formula is C25H29N5O3S. The largest absolute Gasteiger partial charge is 0.497 e. The first-order valence-electron chi connectivity index (χ1n) is 11.4. The van der Waals surface area contributed by atoms with Gasteiger partial charge in [-0.3, -0.25) is 9.59 Å². The van der Waals surface area contributed by atoms with Crippen molar-refractivity contribution < 1.29 is 14.3 Å². The van der Waals surface area contributed by atoms with Crippen molar-refractivity contribution in [2.75, 3.05) is 24.7 Å². The lowest BCUT2D eigenvalue weighted by Gasteiger charge is -2.25. The van der Waals surface area contributed by atoms with Gasteiger partial charge in [0.1, 0.15) is 5.75 Å². The molecule has 0 radical (unpaired) electrons. The monoisotopic (exact) mass is 479 g/mol. The van der Waals surface area contributed by atoms with Crippen LogP contribution >= 0.6 is 11.8 Å². The molecule has 34 heavy (non-hydrogen) atoms. The number of anilines is 1. The molecule has 2 heterocycles. The molecule has 0 saturated carbocycles. The van der Waals surface area contributed by atoms with Crippen LogP contribution in [-0.4, -0.2) is 50.9 Å². The first-order valence-corrected chi connectivity index (χ1v) is 12.4. The van der Waals surface area contributed by atoms with Gasteiger partial charge >= 0.3 is 0 Å². The smallest absolute Gasteiger partial charge is 0.254 e. The van der Waals surface area contributed by atoms with Gasteiger partial charge in [-0.15, -0.1) is 10.2 Å². The normalized spacial score (nSPS) is 15.4. The number of carbonyl (C=O) groups is 2. The highest BCUT2D eigenvalue weighted by molar-refractivity contribution is 7.99. The van der Waals surface area contributed by atoms with E-state index in [1.165, 1.54) is 11.8 Å². The van der Waals surface area contributed by atoms with E-state index in [1.807, 2.05) is 65.8 Å². The molecule has 3 aromatic rings. The van der Waals surface area contributed by atoms with Crippen molar-refractivity contribution >= 4 is 29.3 Å². The fourth-order valence-corrected chi connectivity index (χ4v) is 5.03. The maximum Gasteiger partial charge on any atom is 0.254 e. The number of aromatic nitrogens is 3. The van der Waals surface area contributed by atoms with Crippen LogP contribution in [0.25, 0.3) is 0 Å². The lowest BCUT2D eigenvalue weighted by Crippen LogP contribution is -2.32. The molecule has 178 valence electrons. The molecule has 4 rings (SSSR count). The lowest BCUT2D eigenvalue weighted by molar-refractivity contribution is -0.113. The second kappa shape index (κ2) is 10.7. The molecule has 1 atom stereocenters. The fraction of sp³-hybridized carbons (Fsp3) is 0.360. The second-order valence-electron chi connectivity index (χ2n) is 8.13. The number of methoxy groups -OCH3 is 1. The van der Waals surface area contributed by atoms with Gasteiger partial charge in [0.05, 0.1) is 18.9 Å². The summed E-state index contributed by atoms with van der Waals surface area (Å²) < 4.78 is 7.21. The number of ether oxygens (including phenoxy) is 1. The van der Waals surface area contributed by atoms with Crippen molar-refractivity contribution in [3.8, 4) is 5.75 Å². The van der Waals surface area contributed by atoms with Gasteiger partial charge in [-0.2, -0.15) is 0 Å². The highest BCUT2D eigenvalue weighted by Gasteiger charge is 2.35. The van der Waals surface area contributed by atoms with E-state index in [0.29, 0.717) is 29.7 Å². The van der Waals surface area contributed by atoms with Crippen LogP contribution in [0.1, 0.15) is 47.6 Å². The zero-order chi connectivity index (χ0) is 24.1. The molecule has 1 aliphatic rings. The van der Waals surface area contributed by atoms with Crippen LogP contribution < -0.4 is 10.1 Å². The van der Waals surface area contributed by atoms with E-state index in [4.69, 9.17) is 4.74 Å². The van der Waals surface area contributed by atoms with Crippen molar-refractivity contribution in [3.05, 3.63) is 65.5 Å². The van der Waals surface area contributed by atoms with Crippen molar-refractivity contribution in [2.24, 2.45) is 0 Å². The SMILES string of the molecule is CCn1c(SCC(=O)Nc2cccc(OC)c2)nnc1C1CCCN1C(=O)c1ccccc1C. The zero-order valence-corrected chi connectivity index (χ0v) is 20.5. The number of likely N-dealkylation sites (tertiary alicyclic amines) is 1. The van der Waals surface area contributed by atoms with E-state index in [2.05, 4.69) is 15.5 Å². The number of nitrogens with zero attached hydrogens (tertiary/aromatic N) is 4. The quantitative estimate of drug-likeness (QED) is 0.484. The van der Waals surface area contributed by atoms with Crippen LogP contribution in [0.4, 0.5) is 5.69 Å². The molecule has 1 saturated heterocycles. The van der Waals surface area contributed by atoms with E-state index >= 15 is 0 Å². The van der Waals surface area contributed by atoms with Crippen molar-refractivity contribution in [2.45, 2.75) is 44.4 Å². The summed E-state index contributed by atoms with van der Waals surface area (Å²) >= 11 is 1.34. The van der Waals surface area contributed by atoms with Crippen LogP contribution in [0.5, 0.6) is 5.75 Å². The molecule has 1 unspecified atom stereocenters. The fourth-order valence-electron chi connectivity index (χ4n) is 4.22. The topological polar surface area (TPSA) is 89.3 Å². The van der Waals surface area contributed by atoms with Crippen LogP contribution in [0.15, 0.2) is 53.7 Å². The minimum absolute atomic E-state index is 0.0260. The zero-order valence-electron chi connectivity index (χ0n) is 19.7. The minimum Gasteiger partial charge on any atom is -0.497 e. The van der Waals surface area contributed by atoms with Crippen LogP contribution in [-0.2, 0) is 11.3 Å². The molecule has 1 aromatic heterocycles. The Morgan fingerprint density at radius 3 is 2.76 bits per heavy atom. The summed E-state index contributed by atoms with van der Waals surface area (Å²) in [5.74, 6) is 1.55. The van der Waals surface area contributed by atoms with Crippen LogP contribution in [0.2, 0.25) is 0 Å². The summed E-state index contributed by atoms with van der Waals surface area (Å²) in [5, 5.41) is 12.4. The first-order chi connectivity index (χ1) is 16.5. The number of benzene rings is 2. The van der Waals surface area contributed by atoms with E-state index in [0.717, 1.165) is 29.8 Å². The van der Waals surface area contributed by atoms with Gasteiger partial charge in [-0.05, 0) is 50.5 Å². The third-order valence-electron chi connectivity index (χ3n) is 5.93. The number of amides is 2. The molecule has 0 bridgehead atoms. The predicted molar refractivity (Wildman–Crippen MR) is 132 cm³/mol. The molecule has 1 fully saturated rings. The Kier molecular flexibility index (Phi) is 7.52. The number of nitrogens with one attached hydrogen (secondary N) is 1. The number of aryl methyl sites for hydroxylation is 1. The first kappa shape index (κ1) is 23.8.